The van der Waals surface area contributed by atoms with E-state index in [1.165, 1.54) is 0 Å². The summed E-state index contributed by atoms with van der Waals surface area (Å²) in [7, 11) is 2.00. The lowest BCUT2D eigenvalue weighted by atomic mass is 10.1. The predicted octanol–water partition coefficient (Wildman–Crippen LogP) is 3.25. The average molecular weight is 296 g/mol. The third-order valence-corrected chi connectivity index (χ3v) is 3.34. The number of carboxylic acids is 1. The second kappa shape index (κ2) is 7.98. The lowest BCUT2D eigenvalue weighted by Gasteiger charge is -2.15. The molecule has 0 bridgehead atoms. The van der Waals surface area contributed by atoms with Crippen LogP contribution in [0.4, 0.5) is 5.82 Å². The summed E-state index contributed by atoms with van der Waals surface area (Å²) in [6.45, 7) is 0.776. The summed E-state index contributed by atoms with van der Waals surface area (Å²) in [5, 5.41) is 8.67. The van der Waals surface area contributed by atoms with Crippen molar-refractivity contribution in [2.75, 3.05) is 18.5 Å². The van der Waals surface area contributed by atoms with E-state index in [0.717, 1.165) is 23.5 Å². The van der Waals surface area contributed by atoms with Crippen LogP contribution in [0, 0.1) is 0 Å². The minimum Gasteiger partial charge on any atom is -0.481 e. The first kappa shape index (κ1) is 15.8. The quantitative estimate of drug-likeness (QED) is 0.852. The molecule has 1 aromatic carbocycles. The van der Waals surface area contributed by atoms with Crippen LogP contribution < -0.4 is 4.90 Å². The molecule has 0 amide bonds. The van der Waals surface area contributed by atoms with Gasteiger partial charge in [-0.05, 0) is 29.7 Å². The van der Waals surface area contributed by atoms with Gasteiger partial charge in [-0.1, -0.05) is 42.5 Å². The number of aryl methyl sites for hydroxylation is 1. The van der Waals surface area contributed by atoms with E-state index >= 15 is 0 Å². The SMILES string of the molecule is CN(C/C=C/c1ccc(CCC(=O)O)cc1)c1ccccn1. The molecule has 0 atom stereocenters. The Kier molecular flexibility index (Phi) is 5.72. The smallest absolute Gasteiger partial charge is 0.303 e. The Bertz CT molecular complexity index is 621. The highest BCUT2D eigenvalue weighted by Gasteiger charge is 1.99. The van der Waals surface area contributed by atoms with E-state index in [0.29, 0.717) is 6.42 Å². The third-order valence-electron chi connectivity index (χ3n) is 3.34. The highest BCUT2D eigenvalue weighted by Crippen LogP contribution is 2.10. The van der Waals surface area contributed by atoms with Crippen LogP contribution in [0.2, 0.25) is 0 Å². The molecule has 0 saturated heterocycles. The monoisotopic (exact) mass is 296 g/mol. The molecule has 0 radical (unpaired) electrons. The molecular formula is C18H20N2O2. The van der Waals surface area contributed by atoms with Crippen LogP contribution in [0.25, 0.3) is 6.08 Å². The zero-order chi connectivity index (χ0) is 15.8. The number of aliphatic carboxylic acids is 1. The first-order valence-corrected chi connectivity index (χ1v) is 7.24. The molecule has 2 aromatic rings. The summed E-state index contributed by atoms with van der Waals surface area (Å²) in [5.74, 6) is 0.178. The summed E-state index contributed by atoms with van der Waals surface area (Å²) in [6, 6.07) is 13.8. The molecule has 1 N–H and O–H groups in total. The van der Waals surface area contributed by atoms with Crippen LogP contribution in [-0.4, -0.2) is 29.7 Å². The van der Waals surface area contributed by atoms with Crippen molar-refractivity contribution in [3.8, 4) is 0 Å². The Balaban J connectivity index is 1.86. The van der Waals surface area contributed by atoms with Gasteiger partial charge in [-0.15, -0.1) is 0 Å². The minimum atomic E-state index is -0.762. The standard InChI is InChI=1S/C18H20N2O2/c1-20(17-6-2-3-13-19-17)14-4-5-15-7-9-16(10-8-15)11-12-18(21)22/h2-10,13H,11-12,14H2,1H3,(H,21,22)/b5-4+. The van der Waals surface area contributed by atoms with Crippen LogP contribution in [0.3, 0.4) is 0 Å². The summed E-state index contributed by atoms with van der Waals surface area (Å²) < 4.78 is 0. The summed E-state index contributed by atoms with van der Waals surface area (Å²) in [4.78, 5) is 16.9. The first-order chi connectivity index (χ1) is 10.6. The van der Waals surface area contributed by atoms with Crippen molar-refractivity contribution >= 4 is 17.9 Å². The Hall–Kier alpha value is -2.62. The summed E-state index contributed by atoms with van der Waals surface area (Å²) in [6.07, 6.45) is 6.67. The molecule has 0 unspecified atom stereocenters. The number of carbonyl (C=O) groups is 1. The number of hydrogen-bond acceptors (Lipinski definition) is 3. The van der Waals surface area contributed by atoms with Crippen LogP contribution in [0.15, 0.2) is 54.7 Å². The van der Waals surface area contributed by atoms with Gasteiger partial charge in [-0.25, -0.2) is 4.98 Å². The van der Waals surface area contributed by atoms with Gasteiger partial charge in [-0.2, -0.15) is 0 Å². The first-order valence-electron chi connectivity index (χ1n) is 7.24. The van der Waals surface area contributed by atoms with E-state index in [1.807, 2.05) is 49.5 Å². The molecule has 0 aliphatic heterocycles. The number of rotatable bonds is 7. The molecule has 0 fully saturated rings. The number of anilines is 1. The van der Waals surface area contributed by atoms with Gasteiger partial charge in [0.05, 0.1) is 0 Å². The van der Waals surface area contributed by atoms with Gasteiger partial charge < -0.3 is 10.0 Å². The maximum Gasteiger partial charge on any atom is 0.303 e. The Morgan fingerprint density at radius 1 is 1.23 bits per heavy atom. The zero-order valence-electron chi connectivity index (χ0n) is 12.6. The topological polar surface area (TPSA) is 53.4 Å². The lowest BCUT2D eigenvalue weighted by molar-refractivity contribution is -0.136. The van der Waals surface area contributed by atoms with Gasteiger partial charge in [0.25, 0.3) is 0 Å². The van der Waals surface area contributed by atoms with Crippen LogP contribution >= 0.6 is 0 Å². The Morgan fingerprint density at radius 2 is 2.00 bits per heavy atom. The molecule has 4 nitrogen and oxygen atoms in total. The number of benzene rings is 1. The van der Waals surface area contributed by atoms with Crippen LogP contribution in [-0.2, 0) is 11.2 Å². The van der Waals surface area contributed by atoms with Crippen molar-refractivity contribution in [2.24, 2.45) is 0 Å². The molecular weight excluding hydrogens is 276 g/mol. The average Bonchev–Trinajstić information content (AvgIpc) is 2.55. The minimum absolute atomic E-state index is 0.171. The van der Waals surface area contributed by atoms with Crippen LogP contribution in [0.5, 0.6) is 0 Å². The van der Waals surface area contributed by atoms with Gasteiger partial charge in [0.2, 0.25) is 0 Å². The Morgan fingerprint density at radius 3 is 2.64 bits per heavy atom. The maximum absolute atomic E-state index is 10.5. The Labute approximate surface area is 130 Å². The fraction of sp³-hybridized carbons (Fsp3) is 0.222. The van der Waals surface area contributed by atoms with Gasteiger partial charge in [-0.3, -0.25) is 4.79 Å². The van der Waals surface area contributed by atoms with E-state index in [9.17, 15) is 4.79 Å². The lowest BCUT2D eigenvalue weighted by Crippen LogP contribution is -2.17. The normalized spacial score (nSPS) is 10.8. The molecule has 114 valence electrons. The van der Waals surface area contributed by atoms with Gasteiger partial charge in [0.15, 0.2) is 0 Å². The number of pyridine rings is 1. The van der Waals surface area contributed by atoms with Gasteiger partial charge in [0.1, 0.15) is 5.82 Å². The second-order valence-electron chi connectivity index (χ2n) is 5.11. The number of hydrogen-bond donors (Lipinski definition) is 1. The number of aromatic nitrogens is 1. The van der Waals surface area contributed by atoms with Crippen molar-refractivity contribution in [1.29, 1.82) is 0 Å². The molecule has 1 heterocycles. The molecule has 2 rings (SSSR count). The van der Waals surface area contributed by atoms with E-state index in [4.69, 9.17) is 5.11 Å². The third kappa shape index (κ3) is 5.05. The van der Waals surface area contributed by atoms with E-state index < -0.39 is 5.97 Å². The number of carboxylic acid groups (broad SMARTS) is 1. The van der Waals surface area contributed by atoms with E-state index in [1.54, 1.807) is 6.20 Å². The summed E-state index contributed by atoms with van der Waals surface area (Å²) >= 11 is 0. The molecule has 0 aliphatic carbocycles. The van der Waals surface area contributed by atoms with Crippen molar-refractivity contribution in [2.45, 2.75) is 12.8 Å². The molecule has 0 aliphatic rings. The highest BCUT2D eigenvalue weighted by atomic mass is 16.4. The predicted molar refractivity (Wildman–Crippen MR) is 88.9 cm³/mol. The van der Waals surface area contributed by atoms with E-state index in [2.05, 4.69) is 22.0 Å². The zero-order valence-corrected chi connectivity index (χ0v) is 12.6. The largest absolute Gasteiger partial charge is 0.481 e. The van der Waals surface area contributed by atoms with Crippen molar-refractivity contribution in [3.05, 3.63) is 65.9 Å². The molecule has 22 heavy (non-hydrogen) atoms. The molecule has 0 spiro atoms. The fourth-order valence-corrected chi connectivity index (χ4v) is 2.07. The molecule has 0 saturated carbocycles. The summed E-state index contributed by atoms with van der Waals surface area (Å²) in [5.41, 5.74) is 2.15. The number of nitrogens with zero attached hydrogens (tertiary/aromatic N) is 2. The van der Waals surface area contributed by atoms with Crippen molar-refractivity contribution in [1.82, 2.24) is 4.98 Å². The fourth-order valence-electron chi connectivity index (χ4n) is 2.07. The van der Waals surface area contributed by atoms with Gasteiger partial charge in [0, 0.05) is 26.2 Å². The highest BCUT2D eigenvalue weighted by molar-refractivity contribution is 5.67. The molecule has 1 aromatic heterocycles. The van der Waals surface area contributed by atoms with Crippen LogP contribution in [0.1, 0.15) is 17.5 Å². The van der Waals surface area contributed by atoms with E-state index in [-0.39, 0.29) is 6.42 Å². The molecule has 4 heteroatoms. The van der Waals surface area contributed by atoms with Crippen molar-refractivity contribution < 1.29 is 9.90 Å². The number of likely N-dealkylation sites (N-methyl/N-ethyl adjacent to an activating group) is 1. The van der Waals surface area contributed by atoms with Gasteiger partial charge >= 0.3 is 5.97 Å². The second-order valence-corrected chi connectivity index (χ2v) is 5.11. The maximum atomic E-state index is 10.5. The van der Waals surface area contributed by atoms with Crippen molar-refractivity contribution in [3.63, 3.8) is 0 Å².